The molecule has 0 bridgehead atoms. The van der Waals surface area contributed by atoms with Gasteiger partial charge in [0.1, 0.15) is 24.5 Å². The van der Waals surface area contributed by atoms with Crippen LogP contribution in [0.25, 0.3) is 0 Å². The van der Waals surface area contributed by atoms with Gasteiger partial charge in [0.2, 0.25) is 0 Å². The van der Waals surface area contributed by atoms with Crippen LogP contribution in [0.2, 0.25) is 0 Å². The van der Waals surface area contributed by atoms with E-state index in [2.05, 4.69) is 65.2 Å². The van der Waals surface area contributed by atoms with Gasteiger partial charge in [-0.1, -0.05) is 80.9 Å². The Morgan fingerprint density at radius 1 is 0.861 bits per heavy atom. The minimum absolute atomic E-state index is 0.216. The molecule has 0 amide bonds. The van der Waals surface area contributed by atoms with Crippen molar-refractivity contribution in [3.63, 3.8) is 0 Å². The molecule has 0 saturated carbocycles. The summed E-state index contributed by atoms with van der Waals surface area (Å²) in [7, 11) is 0. The van der Waals surface area contributed by atoms with Crippen LogP contribution in [0.3, 0.4) is 0 Å². The quantitative estimate of drug-likeness (QED) is 0.236. The smallest absolute Gasteiger partial charge is 0.342 e. The van der Waals surface area contributed by atoms with Gasteiger partial charge in [0.15, 0.2) is 0 Å². The molecule has 7 heteroatoms. The molecule has 0 aliphatic carbocycles. The maximum atomic E-state index is 13.0. The molecule has 0 fully saturated rings. The summed E-state index contributed by atoms with van der Waals surface area (Å²) in [5.74, 6) is 0.170. The zero-order valence-electron chi connectivity index (χ0n) is 22.7. The molecule has 0 N–H and O–H groups in total. The number of rotatable bonds is 17. The van der Waals surface area contributed by atoms with E-state index in [0.717, 1.165) is 62.4 Å². The number of carbonyl (C=O) groups is 1. The number of ether oxygens (including phenoxy) is 2. The number of likely N-dealkylation sites (N-methyl/N-ethyl adjacent to an activating group) is 3. The van der Waals surface area contributed by atoms with Crippen molar-refractivity contribution in [3.8, 4) is 5.75 Å². The number of nitrogens with zero attached hydrogens (tertiary/aromatic N) is 3. The van der Waals surface area contributed by atoms with Crippen molar-refractivity contribution in [2.24, 2.45) is 0 Å². The van der Waals surface area contributed by atoms with E-state index in [1.165, 1.54) is 0 Å². The predicted molar refractivity (Wildman–Crippen MR) is 152 cm³/mol. The highest BCUT2D eigenvalue weighted by Crippen LogP contribution is 2.25. The molecule has 0 aliphatic rings. The van der Waals surface area contributed by atoms with Crippen LogP contribution in [0.1, 0.15) is 50.5 Å². The first kappa shape index (κ1) is 30.3. The molecule has 1 atom stereocenters. The van der Waals surface area contributed by atoms with Gasteiger partial charge in [0.05, 0.1) is 6.04 Å². The van der Waals surface area contributed by atoms with Crippen molar-refractivity contribution < 1.29 is 14.3 Å². The Kier molecular flexibility index (Phi) is 14.1. The van der Waals surface area contributed by atoms with Crippen LogP contribution in [-0.4, -0.2) is 85.7 Å². The topological polar surface area (TPSA) is 45.3 Å². The van der Waals surface area contributed by atoms with Crippen LogP contribution >= 0.6 is 15.9 Å². The van der Waals surface area contributed by atoms with Gasteiger partial charge in [-0.15, -0.1) is 0 Å². The second-order valence-corrected chi connectivity index (χ2v) is 9.72. The minimum atomic E-state index is -0.385. The lowest BCUT2D eigenvalue weighted by Gasteiger charge is -2.34. The monoisotopic (exact) mass is 561 g/mol. The van der Waals surface area contributed by atoms with Crippen molar-refractivity contribution in [2.75, 3.05) is 59.0 Å². The summed E-state index contributed by atoms with van der Waals surface area (Å²) in [6, 6.07) is 15.4. The molecule has 200 valence electrons. The molecule has 0 heterocycles. The summed E-state index contributed by atoms with van der Waals surface area (Å²) < 4.78 is 12.7. The third-order valence-corrected chi connectivity index (χ3v) is 7.17. The van der Waals surface area contributed by atoms with Crippen molar-refractivity contribution >= 4 is 21.9 Å². The zero-order chi connectivity index (χ0) is 26.3. The molecular formula is C29H44BrN3O3. The zero-order valence-corrected chi connectivity index (χ0v) is 24.3. The summed E-state index contributed by atoms with van der Waals surface area (Å²) in [6.45, 7) is 19.8. The summed E-state index contributed by atoms with van der Waals surface area (Å²) in [6.07, 6.45) is 0. The van der Waals surface area contributed by atoms with E-state index in [0.29, 0.717) is 17.9 Å². The minimum Gasteiger partial charge on any atom is -0.491 e. The third-order valence-electron chi connectivity index (χ3n) is 6.68. The standard InChI is InChI=1S/C29H44BrN3O3/c1-6-31(7-2)18-19-32(8-3)21-26(33(9-4)10-5)23-35-28-17-16-25(30)20-27(28)29(34)36-22-24-14-12-11-13-15-24/h11-17,20,26H,6-10,18-19,21-23H2,1-5H3. The van der Waals surface area contributed by atoms with Gasteiger partial charge in [0.25, 0.3) is 0 Å². The van der Waals surface area contributed by atoms with Crippen LogP contribution in [-0.2, 0) is 11.3 Å². The molecule has 0 saturated heterocycles. The molecule has 0 spiro atoms. The van der Waals surface area contributed by atoms with Gasteiger partial charge in [-0.3, -0.25) is 4.90 Å². The van der Waals surface area contributed by atoms with E-state index in [4.69, 9.17) is 9.47 Å². The molecule has 0 aromatic heterocycles. The Labute approximate surface area is 226 Å². The summed E-state index contributed by atoms with van der Waals surface area (Å²) in [5.41, 5.74) is 1.39. The average Bonchev–Trinajstić information content (AvgIpc) is 2.91. The summed E-state index contributed by atoms with van der Waals surface area (Å²) >= 11 is 3.49. The van der Waals surface area contributed by atoms with Crippen LogP contribution < -0.4 is 4.74 Å². The molecule has 1 unspecified atom stereocenters. The molecule has 36 heavy (non-hydrogen) atoms. The summed E-state index contributed by atoms with van der Waals surface area (Å²) in [5, 5.41) is 0. The number of hydrogen-bond acceptors (Lipinski definition) is 6. The highest BCUT2D eigenvalue weighted by atomic mass is 79.9. The van der Waals surface area contributed by atoms with E-state index < -0.39 is 0 Å². The van der Waals surface area contributed by atoms with Gasteiger partial charge < -0.3 is 19.3 Å². The highest BCUT2D eigenvalue weighted by molar-refractivity contribution is 9.10. The van der Waals surface area contributed by atoms with E-state index in [1.54, 1.807) is 6.07 Å². The van der Waals surface area contributed by atoms with Crippen molar-refractivity contribution in [1.82, 2.24) is 14.7 Å². The van der Waals surface area contributed by atoms with Gasteiger partial charge in [-0.25, -0.2) is 4.79 Å². The highest BCUT2D eigenvalue weighted by Gasteiger charge is 2.22. The van der Waals surface area contributed by atoms with Crippen molar-refractivity contribution in [3.05, 3.63) is 64.1 Å². The Morgan fingerprint density at radius 3 is 2.11 bits per heavy atom. The number of esters is 1. The lowest BCUT2D eigenvalue weighted by atomic mass is 10.2. The Hall–Kier alpha value is -1.93. The fourth-order valence-corrected chi connectivity index (χ4v) is 4.65. The lowest BCUT2D eigenvalue weighted by Crippen LogP contribution is -2.48. The van der Waals surface area contributed by atoms with Gasteiger partial charge in [-0.2, -0.15) is 0 Å². The van der Waals surface area contributed by atoms with Gasteiger partial charge in [0, 0.05) is 24.1 Å². The van der Waals surface area contributed by atoms with E-state index in [-0.39, 0.29) is 18.6 Å². The first-order chi connectivity index (χ1) is 17.4. The first-order valence-electron chi connectivity index (χ1n) is 13.3. The lowest BCUT2D eigenvalue weighted by molar-refractivity contribution is 0.0464. The molecule has 0 aliphatic heterocycles. The number of halogens is 1. The fourth-order valence-electron chi connectivity index (χ4n) is 4.29. The molecule has 0 radical (unpaired) electrons. The normalized spacial score (nSPS) is 12.4. The molecule has 2 aromatic rings. The summed E-state index contributed by atoms with van der Waals surface area (Å²) in [4.78, 5) is 20.4. The SMILES string of the molecule is CCN(CC)CCN(CC)CC(COc1ccc(Br)cc1C(=O)OCc1ccccc1)N(CC)CC. The average molecular weight is 563 g/mol. The Balaban J connectivity index is 2.10. The Bertz CT molecular complexity index is 889. The first-order valence-corrected chi connectivity index (χ1v) is 14.1. The second kappa shape index (κ2) is 16.7. The fraction of sp³-hybridized carbons (Fsp3) is 0.552. The number of benzene rings is 2. The van der Waals surface area contributed by atoms with Crippen LogP contribution in [0.5, 0.6) is 5.75 Å². The molecular weight excluding hydrogens is 518 g/mol. The van der Waals surface area contributed by atoms with Crippen molar-refractivity contribution in [1.29, 1.82) is 0 Å². The maximum absolute atomic E-state index is 13.0. The molecule has 6 nitrogen and oxygen atoms in total. The van der Waals surface area contributed by atoms with Gasteiger partial charge >= 0.3 is 5.97 Å². The van der Waals surface area contributed by atoms with Crippen LogP contribution in [0, 0.1) is 0 Å². The van der Waals surface area contributed by atoms with Crippen LogP contribution in [0.4, 0.5) is 0 Å². The van der Waals surface area contributed by atoms with E-state index in [9.17, 15) is 4.79 Å². The largest absolute Gasteiger partial charge is 0.491 e. The maximum Gasteiger partial charge on any atom is 0.342 e. The number of hydrogen-bond donors (Lipinski definition) is 0. The Morgan fingerprint density at radius 2 is 1.50 bits per heavy atom. The third kappa shape index (κ3) is 9.85. The van der Waals surface area contributed by atoms with Gasteiger partial charge in [-0.05, 0) is 56.5 Å². The molecule has 2 rings (SSSR count). The number of carbonyl (C=O) groups excluding carboxylic acids is 1. The van der Waals surface area contributed by atoms with E-state index in [1.807, 2.05) is 42.5 Å². The molecule has 2 aromatic carbocycles. The second-order valence-electron chi connectivity index (χ2n) is 8.81. The van der Waals surface area contributed by atoms with Crippen molar-refractivity contribution in [2.45, 2.75) is 47.3 Å². The van der Waals surface area contributed by atoms with Crippen LogP contribution in [0.15, 0.2) is 53.0 Å². The van der Waals surface area contributed by atoms with E-state index >= 15 is 0 Å². The predicted octanol–water partition coefficient (Wildman–Crippen LogP) is 5.56.